The molecule has 0 fully saturated rings. The third-order valence-corrected chi connectivity index (χ3v) is 1.39. The summed E-state index contributed by atoms with van der Waals surface area (Å²) >= 11 is 0. The fraction of sp³-hybridized carbons (Fsp3) is 0.500. The van der Waals surface area contributed by atoms with E-state index in [1.54, 1.807) is 0 Å². The molecule has 1 rings (SSSR count). The number of rotatable bonds is 3. The third kappa shape index (κ3) is 2.08. The Morgan fingerprint density at radius 2 is 2.42 bits per heavy atom. The van der Waals surface area contributed by atoms with E-state index in [-0.39, 0.29) is 12.3 Å². The predicted molar refractivity (Wildman–Crippen MR) is 41.9 cm³/mol. The molecular weight excluding hydrogens is 158 g/mol. The maximum atomic E-state index is 10.3. The summed E-state index contributed by atoms with van der Waals surface area (Å²) in [5, 5.41) is 8.43. The molecule has 0 atom stereocenters. The van der Waals surface area contributed by atoms with Crippen molar-refractivity contribution in [2.45, 2.75) is 26.2 Å². The monoisotopic (exact) mass is 169 g/mol. The van der Waals surface area contributed by atoms with Gasteiger partial charge in [0.15, 0.2) is 5.89 Å². The predicted octanol–water partition coefficient (Wildman–Crippen LogP) is 1.43. The highest BCUT2D eigenvalue weighted by molar-refractivity contribution is 5.69. The second-order valence-electron chi connectivity index (χ2n) is 2.89. The van der Waals surface area contributed by atoms with Gasteiger partial charge in [0.1, 0.15) is 12.2 Å². The van der Waals surface area contributed by atoms with E-state index in [9.17, 15) is 4.79 Å². The fourth-order valence-corrected chi connectivity index (χ4v) is 0.820. The first-order valence-corrected chi connectivity index (χ1v) is 3.76. The van der Waals surface area contributed by atoms with Crippen LogP contribution in [0.4, 0.5) is 0 Å². The number of oxazole rings is 1. The van der Waals surface area contributed by atoms with Crippen LogP contribution in [0.25, 0.3) is 0 Å². The first-order chi connectivity index (χ1) is 5.59. The molecule has 0 aliphatic heterocycles. The molecule has 0 saturated heterocycles. The minimum Gasteiger partial charge on any atom is -0.481 e. The van der Waals surface area contributed by atoms with Crippen molar-refractivity contribution in [1.29, 1.82) is 0 Å². The maximum Gasteiger partial charge on any atom is 0.311 e. The summed E-state index contributed by atoms with van der Waals surface area (Å²) in [7, 11) is 0. The molecule has 4 nitrogen and oxygen atoms in total. The number of nitrogens with zero attached hydrogens (tertiary/aromatic N) is 1. The van der Waals surface area contributed by atoms with Crippen LogP contribution in [0.15, 0.2) is 10.6 Å². The van der Waals surface area contributed by atoms with Gasteiger partial charge >= 0.3 is 5.97 Å². The lowest BCUT2D eigenvalue weighted by Gasteiger charge is -1.95. The summed E-state index contributed by atoms with van der Waals surface area (Å²) in [6, 6.07) is 0. The highest BCUT2D eigenvalue weighted by Gasteiger charge is 2.09. The first-order valence-electron chi connectivity index (χ1n) is 3.76. The van der Waals surface area contributed by atoms with Crippen LogP contribution < -0.4 is 0 Å². The number of carbonyl (C=O) groups is 1. The molecule has 1 heterocycles. The Bertz CT molecular complexity index is 278. The molecule has 12 heavy (non-hydrogen) atoms. The molecule has 0 saturated carbocycles. The highest BCUT2D eigenvalue weighted by atomic mass is 16.4. The zero-order valence-corrected chi connectivity index (χ0v) is 7.07. The smallest absolute Gasteiger partial charge is 0.311 e. The molecule has 0 bridgehead atoms. The SMILES string of the molecule is CC(C)c1ncc(CC(=O)O)o1. The van der Waals surface area contributed by atoms with Crippen LogP contribution in [0.3, 0.4) is 0 Å². The van der Waals surface area contributed by atoms with Crippen LogP contribution >= 0.6 is 0 Å². The van der Waals surface area contributed by atoms with Crippen LogP contribution in [0.2, 0.25) is 0 Å². The fourth-order valence-electron chi connectivity index (χ4n) is 0.820. The second-order valence-corrected chi connectivity index (χ2v) is 2.89. The molecule has 0 spiro atoms. The van der Waals surface area contributed by atoms with Crippen molar-refractivity contribution in [3.05, 3.63) is 17.8 Å². The molecular formula is C8H11NO3. The van der Waals surface area contributed by atoms with Crippen LogP contribution in [0, 0.1) is 0 Å². The number of carboxylic acids is 1. The van der Waals surface area contributed by atoms with Gasteiger partial charge in [-0.3, -0.25) is 4.79 Å². The van der Waals surface area contributed by atoms with Crippen molar-refractivity contribution in [3.63, 3.8) is 0 Å². The summed E-state index contributed by atoms with van der Waals surface area (Å²) in [5.74, 6) is 0.298. The van der Waals surface area contributed by atoms with Crippen LogP contribution in [-0.4, -0.2) is 16.1 Å². The molecule has 0 aliphatic rings. The Morgan fingerprint density at radius 3 is 2.83 bits per heavy atom. The number of carboxylic acid groups (broad SMARTS) is 1. The number of aliphatic carboxylic acids is 1. The summed E-state index contributed by atoms with van der Waals surface area (Å²) in [6.07, 6.45) is 1.36. The molecule has 1 aromatic rings. The summed E-state index contributed by atoms with van der Waals surface area (Å²) in [6.45, 7) is 3.88. The van der Waals surface area contributed by atoms with Gasteiger partial charge in [-0.15, -0.1) is 0 Å². The Balaban J connectivity index is 2.70. The van der Waals surface area contributed by atoms with Gasteiger partial charge in [0.2, 0.25) is 0 Å². The van der Waals surface area contributed by atoms with E-state index >= 15 is 0 Å². The Kier molecular flexibility index (Phi) is 2.47. The van der Waals surface area contributed by atoms with Gasteiger partial charge in [0.25, 0.3) is 0 Å². The van der Waals surface area contributed by atoms with Gasteiger partial charge in [0, 0.05) is 5.92 Å². The average Bonchev–Trinajstić information content (AvgIpc) is 2.34. The quantitative estimate of drug-likeness (QED) is 0.743. The van der Waals surface area contributed by atoms with E-state index in [2.05, 4.69) is 4.98 Å². The minimum atomic E-state index is -0.901. The van der Waals surface area contributed by atoms with E-state index in [0.29, 0.717) is 11.7 Å². The zero-order chi connectivity index (χ0) is 9.14. The molecule has 1 N–H and O–H groups in total. The zero-order valence-electron chi connectivity index (χ0n) is 7.07. The molecule has 0 unspecified atom stereocenters. The molecule has 4 heteroatoms. The topological polar surface area (TPSA) is 63.3 Å². The van der Waals surface area contributed by atoms with E-state index in [0.717, 1.165) is 0 Å². The second kappa shape index (κ2) is 3.38. The van der Waals surface area contributed by atoms with Crippen LogP contribution in [0.1, 0.15) is 31.4 Å². The summed E-state index contributed by atoms with van der Waals surface area (Å²) in [5.41, 5.74) is 0. The van der Waals surface area contributed by atoms with Gasteiger partial charge in [-0.25, -0.2) is 4.98 Å². The van der Waals surface area contributed by atoms with Gasteiger partial charge in [0.05, 0.1) is 6.20 Å². The summed E-state index contributed by atoms with van der Waals surface area (Å²) < 4.78 is 5.16. The molecule has 0 aromatic carbocycles. The lowest BCUT2D eigenvalue weighted by atomic mass is 10.2. The van der Waals surface area contributed by atoms with Crippen molar-refractivity contribution in [3.8, 4) is 0 Å². The normalized spacial score (nSPS) is 10.6. The van der Waals surface area contributed by atoms with E-state index in [1.807, 2.05) is 13.8 Å². The molecule has 0 aliphatic carbocycles. The number of hydrogen-bond donors (Lipinski definition) is 1. The largest absolute Gasteiger partial charge is 0.481 e. The number of aromatic nitrogens is 1. The minimum absolute atomic E-state index is 0.0975. The molecule has 66 valence electrons. The lowest BCUT2D eigenvalue weighted by molar-refractivity contribution is -0.136. The van der Waals surface area contributed by atoms with Crippen LogP contribution in [0.5, 0.6) is 0 Å². The van der Waals surface area contributed by atoms with E-state index in [4.69, 9.17) is 9.52 Å². The molecule has 1 aromatic heterocycles. The average molecular weight is 169 g/mol. The Morgan fingerprint density at radius 1 is 1.75 bits per heavy atom. The molecule has 0 radical (unpaired) electrons. The third-order valence-electron chi connectivity index (χ3n) is 1.39. The van der Waals surface area contributed by atoms with Gasteiger partial charge in [-0.1, -0.05) is 13.8 Å². The van der Waals surface area contributed by atoms with Crippen LogP contribution in [-0.2, 0) is 11.2 Å². The maximum absolute atomic E-state index is 10.3. The van der Waals surface area contributed by atoms with Crippen molar-refractivity contribution in [2.24, 2.45) is 0 Å². The Hall–Kier alpha value is -1.32. The highest BCUT2D eigenvalue weighted by Crippen LogP contribution is 2.13. The van der Waals surface area contributed by atoms with Crippen molar-refractivity contribution >= 4 is 5.97 Å². The Labute approximate surface area is 70.2 Å². The van der Waals surface area contributed by atoms with Crippen molar-refractivity contribution in [2.75, 3.05) is 0 Å². The van der Waals surface area contributed by atoms with E-state index in [1.165, 1.54) is 6.20 Å². The van der Waals surface area contributed by atoms with Crippen molar-refractivity contribution < 1.29 is 14.3 Å². The standard InChI is InChI=1S/C8H11NO3/c1-5(2)8-9-4-6(12-8)3-7(10)11/h4-5H,3H2,1-2H3,(H,10,11). The first kappa shape index (κ1) is 8.77. The summed E-state index contributed by atoms with van der Waals surface area (Å²) in [4.78, 5) is 14.2. The lowest BCUT2D eigenvalue weighted by Crippen LogP contribution is -1.98. The molecule has 0 amide bonds. The van der Waals surface area contributed by atoms with Gasteiger partial charge in [-0.2, -0.15) is 0 Å². The van der Waals surface area contributed by atoms with Gasteiger partial charge in [-0.05, 0) is 0 Å². The van der Waals surface area contributed by atoms with Gasteiger partial charge < -0.3 is 9.52 Å². The van der Waals surface area contributed by atoms with Crippen molar-refractivity contribution in [1.82, 2.24) is 4.98 Å². The number of hydrogen-bond acceptors (Lipinski definition) is 3. The van der Waals surface area contributed by atoms with E-state index < -0.39 is 5.97 Å².